The van der Waals surface area contributed by atoms with Crippen LogP contribution in [0.25, 0.3) is 0 Å². The molecule has 6 heteroatoms. The van der Waals surface area contributed by atoms with E-state index in [1.165, 1.54) is 21.8 Å². The number of hydrogen-bond donors (Lipinski definition) is 2. The van der Waals surface area contributed by atoms with Crippen LogP contribution in [0.1, 0.15) is 46.8 Å². The Morgan fingerprint density at radius 3 is 2.67 bits per heavy atom. The third kappa shape index (κ3) is 5.36. The van der Waals surface area contributed by atoms with E-state index in [-0.39, 0.29) is 5.91 Å². The predicted molar refractivity (Wildman–Crippen MR) is 89.6 cm³/mol. The van der Waals surface area contributed by atoms with Crippen LogP contribution in [0.3, 0.4) is 0 Å². The Bertz CT molecular complexity index is 485. The average Bonchev–Trinajstić information content (AvgIpc) is 2.86. The molecule has 1 aromatic heterocycles. The molecule has 0 aliphatic heterocycles. The molecule has 0 bridgehead atoms. The van der Waals surface area contributed by atoms with Crippen molar-refractivity contribution in [2.45, 2.75) is 45.6 Å². The molecule has 0 aliphatic carbocycles. The highest BCUT2D eigenvalue weighted by Crippen LogP contribution is 2.24. The minimum absolute atomic E-state index is 0.273. The maximum absolute atomic E-state index is 12.2. The highest BCUT2D eigenvalue weighted by atomic mass is 32.2. The van der Waals surface area contributed by atoms with Crippen molar-refractivity contribution in [2.75, 3.05) is 12.0 Å². The zero-order valence-corrected chi connectivity index (χ0v) is 14.4. The van der Waals surface area contributed by atoms with E-state index in [1.807, 2.05) is 12.3 Å². The number of thiophene rings is 1. The number of hydrogen-bond acceptors (Lipinski definition) is 4. The SMILES string of the molecule is CCCc1sc(C(=O)NC(CCSC)C(=O)O)cc1CC. The number of carbonyl (C=O) groups is 2. The largest absolute Gasteiger partial charge is 0.480 e. The van der Waals surface area contributed by atoms with Gasteiger partial charge in [0.15, 0.2) is 0 Å². The van der Waals surface area contributed by atoms with Crippen LogP contribution in [-0.4, -0.2) is 35.0 Å². The molecule has 1 heterocycles. The summed E-state index contributed by atoms with van der Waals surface area (Å²) in [5.74, 6) is -0.535. The van der Waals surface area contributed by atoms with Crippen LogP contribution in [0.2, 0.25) is 0 Å². The van der Waals surface area contributed by atoms with Gasteiger partial charge in [-0.1, -0.05) is 20.3 Å². The molecule has 1 unspecified atom stereocenters. The van der Waals surface area contributed by atoms with E-state index in [1.54, 1.807) is 11.8 Å². The monoisotopic (exact) mass is 329 g/mol. The summed E-state index contributed by atoms with van der Waals surface area (Å²) in [6.07, 6.45) is 5.27. The van der Waals surface area contributed by atoms with Crippen molar-refractivity contribution in [3.8, 4) is 0 Å². The first-order valence-corrected chi connectivity index (χ1v) is 9.38. The summed E-state index contributed by atoms with van der Waals surface area (Å²) >= 11 is 3.06. The van der Waals surface area contributed by atoms with Crippen molar-refractivity contribution in [1.29, 1.82) is 0 Å². The lowest BCUT2D eigenvalue weighted by Gasteiger charge is -2.13. The minimum Gasteiger partial charge on any atom is -0.480 e. The van der Waals surface area contributed by atoms with Crippen molar-refractivity contribution in [3.05, 3.63) is 21.4 Å². The van der Waals surface area contributed by atoms with E-state index in [9.17, 15) is 9.59 Å². The smallest absolute Gasteiger partial charge is 0.326 e. The summed E-state index contributed by atoms with van der Waals surface area (Å²) in [5, 5.41) is 11.8. The van der Waals surface area contributed by atoms with Crippen molar-refractivity contribution in [2.24, 2.45) is 0 Å². The molecule has 2 N–H and O–H groups in total. The Morgan fingerprint density at radius 1 is 1.43 bits per heavy atom. The Morgan fingerprint density at radius 2 is 2.14 bits per heavy atom. The van der Waals surface area contributed by atoms with Gasteiger partial charge in [0.1, 0.15) is 6.04 Å². The Labute approximate surface area is 134 Å². The van der Waals surface area contributed by atoms with E-state index in [4.69, 9.17) is 5.11 Å². The minimum atomic E-state index is -0.974. The van der Waals surface area contributed by atoms with Crippen molar-refractivity contribution >= 4 is 35.0 Å². The van der Waals surface area contributed by atoms with Gasteiger partial charge in [0.05, 0.1) is 4.88 Å². The van der Waals surface area contributed by atoms with Gasteiger partial charge in [-0.05, 0) is 42.9 Å². The van der Waals surface area contributed by atoms with Gasteiger partial charge in [-0.2, -0.15) is 11.8 Å². The van der Waals surface area contributed by atoms with Crippen molar-refractivity contribution < 1.29 is 14.7 Å². The molecule has 0 aromatic carbocycles. The normalized spacial score (nSPS) is 12.1. The van der Waals surface area contributed by atoms with Gasteiger partial charge < -0.3 is 10.4 Å². The van der Waals surface area contributed by atoms with Crippen LogP contribution in [0.15, 0.2) is 6.07 Å². The maximum atomic E-state index is 12.2. The molecule has 1 rings (SSSR count). The molecular weight excluding hydrogens is 306 g/mol. The number of amides is 1. The zero-order valence-electron chi connectivity index (χ0n) is 12.8. The standard InChI is InChI=1S/C15H23NO3S2/c1-4-6-12-10(5-2)9-13(21-12)14(17)16-11(15(18)19)7-8-20-3/h9,11H,4-8H2,1-3H3,(H,16,17)(H,18,19). The van der Waals surface area contributed by atoms with Gasteiger partial charge in [0.25, 0.3) is 5.91 Å². The van der Waals surface area contributed by atoms with Crippen molar-refractivity contribution in [1.82, 2.24) is 5.32 Å². The van der Waals surface area contributed by atoms with Gasteiger partial charge in [-0.25, -0.2) is 4.79 Å². The summed E-state index contributed by atoms with van der Waals surface area (Å²) in [6.45, 7) is 4.18. The lowest BCUT2D eigenvalue weighted by Crippen LogP contribution is -2.40. The number of carboxylic acids is 1. The lowest BCUT2D eigenvalue weighted by molar-refractivity contribution is -0.139. The first kappa shape index (κ1) is 18.0. The Hall–Kier alpha value is -1.01. The van der Waals surface area contributed by atoms with Gasteiger partial charge in [-0.3, -0.25) is 4.79 Å². The molecule has 0 saturated carbocycles. The van der Waals surface area contributed by atoms with E-state index >= 15 is 0 Å². The Kier molecular flexibility index (Phi) is 7.82. The predicted octanol–water partition coefficient (Wildman–Crippen LogP) is 3.20. The number of nitrogens with one attached hydrogen (secondary N) is 1. The van der Waals surface area contributed by atoms with Gasteiger partial charge in [-0.15, -0.1) is 11.3 Å². The molecule has 0 radical (unpaired) electrons. The van der Waals surface area contributed by atoms with E-state index < -0.39 is 12.0 Å². The summed E-state index contributed by atoms with van der Waals surface area (Å²) in [5.41, 5.74) is 1.20. The van der Waals surface area contributed by atoms with Crippen molar-refractivity contribution in [3.63, 3.8) is 0 Å². The molecule has 1 amide bonds. The third-order valence-corrected chi connectivity index (χ3v) is 5.07. The fourth-order valence-electron chi connectivity index (χ4n) is 2.04. The molecular formula is C15H23NO3S2. The van der Waals surface area contributed by atoms with E-state index in [0.29, 0.717) is 17.1 Å². The van der Waals surface area contributed by atoms with E-state index in [0.717, 1.165) is 19.3 Å². The fraction of sp³-hybridized carbons (Fsp3) is 0.600. The lowest BCUT2D eigenvalue weighted by atomic mass is 10.1. The quantitative estimate of drug-likeness (QED) is 0.730. The molecule has 21 heavy (non-hydrogen) atoms. The van der Waals surface area contributed by atoms with Crippen LogP contribution >= 0.6 is 23.1 Å². The summed E-state index contributed by atoms with van der Waals surface area (Å²) in [6, 6.07) is 1.09. The molecule has 118 valence electrons. The molecule has 0 aliphatic rings. The van der Waals surface area contributed by atoms with Crippen LogP contribution in [0.5, 0.6) is 0 Å². The van der Waals surface area contributed by atoms with Gasteiger partial charge >= 0.3 is 5.97 Å². The molecule has 1 atom stereocenters. The summed E-state index contributed by atoms with van der Waals surface area (Å²) < 4.78 is 0. The Balaban J connectivity index is 2.79. The first-order valence-electron chi connectivity index (χ1n) is 7.17. The summed E-state index contributed by atoms with van der Waals surface area (Å²) in [7, 11) is 0. The number of carbonyl (C=O) groups excluding carboxylic acids is 1. The second-order valence-corrected chi connectivity index (χ2v) is 6.93. The third-order valence-electron chi connectivity index (χ3n) is 3.19. The van der Waals surface area contributed by atoms with E-state index in [2.05, 4.69) is 19.2 Å². The fourth-order valence-corrected chi connectivity index (χ4v) is 3.77. The highest BCUT2D eigenvalue weighted by Gasteiger charge is 2.21. The zero-order chi connectivity index (χ0) is 15.8. The van der Waals surface area contributed by atoms with Gasteiger partial charge in [0, 0.05) is 4.88 Å². The average molecular weight is 329 g/mol. The number of aliphatic carboxylic acids is 1. The van der Waals surface area contributed by atoms with Crippen LogP contribution < -0.4 is 5.32 Å². The second kappa shape index (κ2) is 9.10. The molecule has 1 aromatic rings. The number of thioether (sulfide) groups is 1. The van der Waals surface area contributed by atoms with Crippen LogP contribution in [0, 0.1) is 0 Å². The first-order chi connectivity index (χ1) is 10.0. The topological polar surface area (TPSA) is 66.4 Å². The number of aryl methyl sites for hydroxylation is 2. The molecule has 4 nitrogen and oxygen atoms in total. The summed E-state index contributed by atoms with van der Waals surface area (Å²) in [4.78, 5) is 25.3. The van der Waals surface area contributed by atoms with Gasteiger partial charge in [0.2, 0.25) is 0 Å². The second-order valence-electron chi connectivity index (χ2n) is 4.81. The molecule has 0 fully saturated rings. The van der Waals surface area contributed by atoms with Crippen LogP contribution in [-0.2, 0) is 17.6 Å². The highest BCUT2D eigenvalue weighted by molar-refractivity contribution is 7.98. The number of rotatable bonds is 9. The molecule has 0 saturated heterocycles. The number of carboxylic acid groups (broad SMARTS) is 1. The van der Waals surface area contributed by atoms with Crippen LogP contribution in [0.4, 0.5) is 0 Å². The molecule has 0 spiro atoms. The maximum Gasteiger partial charge on any atom is 0.326 e.